The Morgan fingerprint density at radius 3 is 2.82 bits per heavy atom. The zero-order valence-corrected chi connectivity index (χ0v) is 17.8. The lowest BCUT2D eigenvalue weighted by Crippen LogP contribution is -2.49. The average molecular weight is 409 g/mol. The number of hydrogen-bond acceptors (Lipinski definition) is 4. The number of rotatable bonds is 7. The molecular weight excluding hydrogens is 376 g/mol. The highest BCUT2D eigenvalue weighted by atomic mass is 35.5. The normalized spacial score (nSPS) is 23.0. The SMILES string of the molecule is CN=C(NCC(OC)c1cccc(Cl)c1)NC1CCN(CC2CCOC2)CC1. The van der Waals surface area contributed by atoms with E-state index in [1.807, 2.05) is 31.3 Å². The van der Waals surface area contributed by atoms with Gasteiger partial charge < -0.3 is 25.0 Å². The zero-order chi connectivity index (χ0) is 19.8. The molecule has 2 aliphatic rings. The molecule has 0 saturated carbocycles. The fraction of sp³-hybridized carbons (Fsp3) is 0.667. The number of benzene rings is 1. The van der Waals surface area contributed by atoms with E-state index in [1.165, 1.54) is 13.0 Å². The topological polar surface area (TPSA) is 58.1 Å². The highest BCUT2D eigenvalue weighted by Gasteiger charge is 2.24. The molecule has 6 nitrogen and oxygen atoms in total. The Balaban J connectivity index is 1.42. The van der Waals surface area contributed by atoms with E-state index in [-0.39, 0.29) is 6.10 Å². The first-order valence-corrected chi connectivity index (χ1v) is 10.6. The molecule has 0 spiro atoms. The lowest BCUT2D eigenvalue weighted by molar-refractivity contribution is 0.106. The van der Waals surface area contributed by atoms with Crippen molar-refractivity contribution in [1.82, 2.24) is 15.5 Å². The van der Waals surface area contributed by atoms with Crippen molar-refractivity contribution in [2.45, 2.75) is 31.4 Å². The van der Waals surface area contributed by atoms with Crippen molar-refractivity contribution in [3.8, 4) is 0 Å². The van der Waals surface area contributed by atoms with E-state index in [9.17, 15) is 0 Å². The van der Waals surface area contributed by atoms with Crippen LogP contribution < -0.4 is 10.6 Å². The lowest BCUT2D eigenvalue weighted by atomic mass is 10.0. The molecule has 2 heterocycles. The second kappa shape index (κ2) is 11.0. The van der Waals surface area contributed by atoms with Crippen molar-refractivity contribution in [2.24, 2.45) is 10.9 Å². The van der Waals surface area contributed by atoms with E-state index in [4.69, 9.17) is 21.1 Å². The fourth-order valence-electron chi connectivity index (χ4n) is 3.97. The predicted molar refractivity (Wildman–Crippen MR) is 114 cm³/mol. The summed E-state index contributed by atoms with van der Waals surface area (Å²) in [7, 11) is 3.53. The number of guanidine groups is 1. The maximum atomic E-state index is 6.11. The lowest BCUT2D eigenvalue weighted by Gasteiger charge is -2.34. The molecule has 28 heavy (non-hydrogen) atoms. The van der Waals surface area contributed by atoms with Crippen molar-refractivity contribution in [2.75, 3.05) is 53.6 Å². The summed E-state index contributed by atoms with van der Waals surface area (Å²) in [4.78, 5) is 6.96. The number of nitrogens with one attached hydrogen (secondary N) is 2. The van der Waals surface area contributed by atoms with Crippen LogP contribution in [0.3, 0.4) is 0 Å². The van der Waals surface area contributed by atoms with Gasteiger partial charge in [0.15, 0.2) is 5.96 Å². The van der Waals surface area contributed by atoms with Gasteiger partial charge in [0.25, 0.3) is 0 Å². The largest absolute Gasteiger partial charge is 0.381 e. The maximum absolute atomic E-state index is 6.11. The van der Waals surface area contributed by atoms with Crippen LogP contribution in [0.5, 0.6) is 0 Å². The number of nitrogens with zero attached hydrogens (tertiary/aromatic N) is 2. The smallest absolute Gasteiger partial charge is 0.191 e. The van der Waals surface area contributed by atoms with Gasteiger partial charge >= 0.3 is 0 Å². The molecule has 2 aliphatic heterocycles. The molecule has 2 N–H and O–H groups in total. The Labute approximate surface area is 173 Å². The summed E-state index contributed by atoms with van der Waals surface area (Å²) in [6, 6.07) is 8.25. The van der Waals surface area contributed by atoms with Crippen molar-refractivity contribution < 1.29 is 9.47 Å². The highest BCUT2D eigenvalue weighted by molar-refractivity contribution is 6.30. The summed E-state index contributed by atoms with van der Waals surface area (Å²) in [6.07, 6.45) is 3.40. The Morgan fingerprint density at radius 2 is 2.18 bits per heavy atom. The Bertz CT molecular complexity index is 629. The van der Waals surface area contributed by atoms with Crippen LogP contribution in [0.4, 0.5) is 0 Å². The van der Waals surface area contributed by atoms with Gasteiger partial charge in [-0.25, -0.2) is 0 Å². The second-order valence-electron chi connectivity index (χ2n) is 7.68. The molecule has 1 aromatic rings. The van der Waals surface area contributed by atoms with Crippen LogP contribution in [0, 0.1) is 5.92 Å². The van der Waals surface area contributed by atoms with Crippen LogP contribution in [0.25, 0.3) is 0 Å². The van der Waals surface area contributed by atoms with Crippen molar-refractivity contribution in [1.29, 1.82) is 0 Å². The third-order valence-corrected chi connectivity index (χ3v) is 5.89. The first-order chi connectivity index (χ1) is 13.7. The van der Waals surface area contributed by atoms with Gasteiger partial charge in [-0.1, -0.05) is 23.7 Å². The molecule has 1 aromatic carbocycles. The standard InChI is InChI=1S/C21H33ClN4O2/c1-23-21(24-13-20(27-2)17-4-3-5-18(22)12-17)25-19-6-9-26(10-7-19)14-16-8-11-28-15-16/h3-5,12,16,19-20H,6-11,13-15H2,1-2H3,(H2,23,24,25). The number of ether oxygens (including phenoxy) is 2. The summed E-state index contributed by atoms with van der Waals surface area (Å²) < 4.78 is 11.1. The predicted octanol–water partition coefficient (Wildman–Crippen LogP) is 2.69. The molecule has 7 heteroatoms. The molecule has 2 unspecified atom stereocenters. The van der Waals surface area contributed by atoms with Gasteiger partial charge in [0.1, 0.15) is 0 Å². The maximum Gasteiger partial charge on any atom is 0.191 e. The number of piperidine rings is 1. The minimum atomic E-state index is -0.0762. The minimum absolute atomic E-state index is 0.0762. The first kappa shape index (κ1) is 21.4. The van der Waals surface area contributed by atoms with Gasteiger partial charge in [0.2, 0.25) is 0 Å². The highest BCUT2D eigenvalue weighted by Crippen LogP contribution is 2.20. The van der Waals surface area contributed by atoms with E-state index in [0.717, 1.165) is 61.6 Å². The Kier molecular flexibility index (Phi) is 8.40. The van der Waals surface area contributed by atoms with E-state index in [2.05, 4.69) is 20.5 Å². The van der Waals surface area contributed by atoms with E-state index in [1.54, 1.807) is 7.11 Å². The summed E-state index contributed by atoms with van der Waals surface area (Å²) in [5.41, 5.74) is 1.06. The van der Waals surface area contributed by atoms with E-state index < -0.39 is 0 Å². The summed E-state index contributed by atoms with van der Waals surface area (Å²) in [6.45, 7) is 5.94. The Hall–Kier alpha value is -1.34. The third kappa shape index (κ3) is 6.34. The van der Waals surface area contributed by atoms with Gasteiger partial charge in [-0.2, -0.15) is 0 Å². The van der Waals surface area contributed by atoms with Gasteiger partial charge in [-0.05, 0) is 42.9 Å². The summed E-state index contributed by atoms with van der Waals surface area (Å²) in [5, 5.41) is 7.68. The zero-order valence-electron chi connectivity index (χ0n) is 17.0. The molecule has 3 rings (SSSR count). The number of hydrogen-bond donors (Lipinski definition) is 2. The van der Waals surface area contributed by atoms with Gasteiger partial charge in [0.05, 0.1) is 12.7 Å². The van der Waals surface area contributed by atoms with Gasteiger partial charge in [-0.15, -0.1) is 0 Å². The second-order valence-corrected chi connectivity index (χ2v) is 8.12. The van der Waals surface area contributed by atoms with Gasteiger partial charge in [0, 0.05) is 58.0 Å². The molecule has 0 radical (unpaired) electrons. The summed E-state index contributed by atoms with van der Waals surface area (Å²) in [5.74, 6) is 1.54. The summed E-state index contributed by atoms with van der Waals surface area (Å²) >= 11 is 6.11. The van der Waals surface area contributed by atoms with Crippen molar-refractivity contribution >= 4 is 17.6 Å². The average Bonchev–Trinajstić information content (AvgIpc) is 3.22. The molecule has 0 aliphatic carbocycles. The van der Waals surface area contributed by atoms with Crippen LogP contribution in [0.2, 0.25) is 5.02 Å². The molecule has 2 atom stereocenters. The Morgan fingerprint density at radius 1 is 1.36 bits per heavy atom. The number of likely N-dealkylation sites (tertiary alicyclic amines) is 1. The van der Waals surface area contributed by atoms with Crippen LogP contribution in [0.1, 0.15) is 30.9 Å². The van der Waals surface area contributed by atoms with Crippen molar-refractivity contribution in [3.63, 3.8) is 0 Å². The quantitative estimate of drug-likeness (QED) is 0.536. The van der Waals surface area contributed by atoms with Crippen LogP contribution in [0.15, 0.2) is 29.3 Å². The fourth-order valence-corrected chi connectivity index (χ4v) is 4.17. The molecule has 0 bridgehead atoms. The van der Waals surface area contributed by atoms with Crippen LogP contribution in [-0.4, -0.2) is 70.5 Å². The first-order valence-electron chi connectivity index (χ1n) is 10.2. The number of aliphatic imine (C=N–C) groups is 1. The molecule has 2 fully saturated rings. The molecule has 156 valence electrons. The van der Waals surface area contributed by atoms with Crippen molar-refractivity contribution in [3.05, 3.63) is 34.9 Å². The molecule has 0 aromatic heterocycles. The molecular formula is C21H33ClN4O2. The molecule has 0 amide bonds. The van der Waals surface area contributed by atoms with Crippen LogP contribution >= 0.6 is 11.6 Å². The monoisotopic (exact) mass is 408 g/mol. The van der Waals surface area contributed by atoms with E-state index >= 15 is 0 Å². The molecule has 2 saturated heterocycles. The number of methoxy groups -OCH3 is 1. The van der Waals surface area contributed by atoms with Gasteiger partial charge in [-0.3, -0.25) is 4.99 Å². The number of halogens is 1. The van der Waals surface area contributed by atoms with E-state index in [0.29, 0.717) is 12.6 Å². The van der Waals surface area contributed by atoms with Crippen LogP contribution in [-0.2, 0) is 9.47 Å². The minimum Gasteiger partial charge on any atom is -0.381 e. The third-order valence-electron chi connectivity index (χ3n) is 5.65.